The zero-order chi connectivity index (χ0) is 11.7. The maximum absolute atomic E-state index is 5.80. The monoisotopic (exact) mass is 232 g/mol. The lowest BCUT2D eigenvalue weighted by Gasteiger charge is -2.20. The molecule has 2 aliphatic carbocycles. The Hall–Kier alpha value is -1.19. The summed E-state index contributed by atoms with van der Waals surface area (Å²) < 4.78 is 0. The Morgan fingerprint density at radius 1 is 0.941 bits per heavy atom. The Bertz CT molecular complexity index is 394. The lowest BCUT2D eigenvalue weighted by Crippen LogP contribution is -2.13. The zero-order valence-corrected chi connectivity index (χ0v) is 10.2. The molecule has 0 spiro atoms. The summed E-state index contributed by atoms with van der Waals surface area (Å²) in [6, 6.07) is 0. The third-order valence-corrected chi connectivity index (χ3v) is 3.85. The van der Waals surface area contributed by atoms with E-state index in [2.05, 4.69) is 15.0 Å². The van der Waals surface area contributed by atoms with Gasteiger partial charge >= 0.3 is 0 Å². The van der Waals surface area contributed by atoms with Crippen molar-refractivity contribution in [1.29, 1.82) is 0 Å². The van der Waals surface area contributed by atoms with E-state index < -0.39 is 0 Å². The summed E-state index contributed by atoms with van der Waals surface area (Å²) in [6.07, 6.45) is 10.0. The highest BCUT2D eigenvalue weighted by atomic mass is 15.1. The third kappa shape index (κ3) is 2.73. The number of nitrogens with zero attached hydrogens (tertiary/aromatic N) is 3. The molecule has 2 N–H and O–H groups in total. The van der Waals surface area contributed by atoms with Crippen molar-refractivity contribution >= 4 is 5.95 Å². The molecule has 3 rings (SSSR count). The molecule has 1 heterocycles. The normalized spacial score (nSPS) is 21.6. The molecule has 0 amide bonds. The molecule has 17 heavy (non-hydrogen) atoms. The van der Waals surface area contributed by atoms with E-state index in [-0.39, 0.29) is 0 Å². The van der Waals surface area contributed by atoms with Crippen molar-refractivity contribution < 1.29 is 0 Å². The average molecular weight is 232 g/mol. The Morgan fingerprint density at radius 3 is 2.41 bits per heavy atom. The van der Waals surface area contributed by atoms with Crippen molar-refractivity contribution in [1.82, 2.24) is 15.0 Å². The Morgan fingerprint density at radius 2 is 1.71 bits per heavy atom. The van der Waals surface area contributed by atoms with Crippen LogP contribution in [0.1, 0.15) is 62.5 Å². The molecular weight excluding hydrogens is 212 g/mol. The lowest BCUT2D eigenvalue weighted by atomic mass is 9.89. The zero-order valence-electron chi connectivity index (χ0n) is 10.2. The van der Waals surface area contributed by atoms with E-state index in [0.29, 0.717) is 11.9 Å². The van der Waals surface area contributed by atoms with Crippen molar-refractivity contribution in [3.63, 3.8) is 0 Å². The van der Waals surface area contributed by atoms with Gasteiger partial charge in [0.25, 0.3) is 0 Å². The van der Waals surface area contributed by atoms with Gasteiger partial charge in [-0.15, -0.1) is 0 Å². The Labute approximate surface area is 102 Å². The second-order valence-corrected chi connectivity index (χ2v) is 5.45. The van der Waals surface area contributed by atoms with E-state index in [1.807, 2.05) is 0 Å². The van der Waals surface area contributed by atoms with Gasteiger partial charge in [0.15, 0.2) is 0 Å². The first-order chi connectivity index (χ1) is 8.31. The van der Waals surface area contributed by atoms with Crippen LogP contribution in [-0.2, 0) is 6.42 Å². The van der Waals surface area contributed by atoms with Crippen LogP contribution in [0.3, 0.4) is 0 Å². The largest absolute Gasteiger partial charge is 0.368 e. The van der Waals surface area contributed by atoms with E-state index in [0.717, 1.165) is 24.0 Å². The molecule has 0 unspecified atom stereocenters. The van der Waals surface area contributed by atoms with E-state index >= 15 is 0 Å². The molecule has 0 aliphatic heterocycles. The highest BCUT2D eigenvalue weighted by Crippen LogP contribution is 2.33. The van der Waals surface area contributed by atoms with Crippen LogP contribution in [-0.4, -0.2) is 15.0 Å². The minimum absolute atomic E-state index is 0.413. The van der Waals surface area contributed by atoms with Gasteiger partial charge in [-0.25, -0.2) is 4.98 Å². The van der Waals surface area contributed by atoms with Gasteiger partial charge in [-0.2, -0.15) is 9.97 Å². The number of nitrogen functional groups attached to an aromatic ring is 1. The van der Waals surface area contributed by atoms with Gasteiger partial charge in [-0.3, -0.25) is 0 Å². The van der Waals surface area contributed by atoms with Gasteiger partial charge < -0.3 is 5.73 Å². The second-order valence-electron chi connectivity index (χ2n) is 5.45. The summed E-state index contributed by atoms with van der Waals surface area (Å²) in [4.78, 5) is 13.2. The van der Waals surface area contributed by atoms with Crippen LogP contribution in [0.15, 0.2) is 0 Å². The van der Waals surface area contributed by atoms with Crippen LogP contribution in [0.5, 0.6) is 0 Å². The number of nitrogens with two attached hydrogens (primary N) is 1. The minimum atomic E-state index is 0.413. The first-order valence-electron chi connectivity index (χ1n) is 6.81. The average Bonchev–Trinajstić information content (AvgIpc) is 3.13. The lowest BCUT2D eigenvalue weighted by molar-refractivity contribution is 0.426. The summed E-state index contributed by atoms with van der Waals surface area (Å²) in [5, 5.41) is 0. The van der Waals surface area contributed by atoms with Crippen molar-refractivity contribution in [2.24, 2.45) is 5.92 Å². The van der Waals surface area contributed by atoms with Crippen molar-refractivity contribution in [2.75, 3.05) is 5.73 Å². The Kier molecular flexibility index (Phi) is 2.95. The van der Waals surface area contributed by atoms with Gasteiger partial charge in [-0.05, 0) is 31.6 Å². The molecule has 0 atom stereocenters. The Balaban J connectivity index is 1.79. The molecule has 0 radical (unpaired) electrons. The number of aromatic nitrogens is 3. The summed E-state index contributed by atoms with van der Waals surface area (Å²) in [5.41, 5.74) is 5.80. The third-order valence-electron chi connectivity index (χ3n) is 3.85. The van der Waals surface area contributed by atoms with Crippen molar-refractivity contribution in [3.8, 4) is 0 Å². The number of rotatable bonds is 3. The maximum Gasteiger partial charge on any atom is 0.223 e. The van der Waals surface area contributed by atoms with Crippen molar-refractivity contribution in [2.45, 2.75) is 57.3 Å². The summed E-state index contributed by atoms with van der Waals surface area (Å²) in [5.74, 6) is 3.60. The van der Waals surface area contributed by atoms with E-state index in [1.54, 1.807) is 0 Å². The van der Waals surface area contributed by atoms with Gasteiger partial charge in [0, 0.05) is 12.3 Å². The van der Waals surface area contributed by atoms with Crippen LogP contribution in [0, 0.1) is 5.92 Å². The molecule has 1 aromatic rings. The molecule has 0 aromatic carbocycles. The minimum Gasteiger partial charge on any atom is -0.368 e. The fourth-order valence-electron chi connectivity index (χ4n) is 2.67. The summed E-state index contributed by atoms with van der Waals surface area (Å²) in [7, 11) is 0. The van der Waals surface area contributed by atoms with Crippen LogP contribution in [0.4, 0.5) is 5.95 Å². The molecule has 4 nitrogen and oxygen atoms in total. The molecule has 2 saturated carbocycles. The second kappa shape index (κ2) is 4.59. The number of anilines is 1. The topological polar surface area (TPSA) is 64.7 Å². The van der Waals surface area contributed by atoms with Crippen LogP contribution in [0.25, 0.3) is 0 Å². The van der Waals surface area contributed by atoms with Crippen LogP contribution >= 0.6 is 0 Å². The fourth-order valence-corrected chi connectivity index (χ4v) is 2.67. The molecule has 0 bridgehead atoms. The first kappa shape index (κ1) is 10.9. The fraction of sp³-hybridized carbons (Fsp3) is 0.769. The molecule has 4 heteroatoms. The summed E-state index contributed by atoms with van der Waals surface area (Å²) in [6.45, 7) is 0. The van der Waals surface area contributed by atoms with E-state index in [4.69, 9.17) is 5.73 Å². The summed E-state index contributed by atoms with van der Waals surface area (Å²) >= 11 is 0. The quantitative estimate of drug-likeness (QED) is 0.869. The van der Waals surface area contributed by atoms with Crippen molar-refractivity contribution in [3.05, 3.63) is 11.6 Å². The van der Waals surface area contributed by atoms with Crippen LogP contribution in [0.2, 0.25) is 0 Å². The van der Waals surface area contributed by atoms with Gasteiger partial charge in [0.1, 0.15) is 11.6 Å². The maximum atomic E-state index is 5.80. The van der Waals surface area contributed by atoms with Crippen LogP contribution < -0.4 is 5.73 Å². The molecule has 92 valence electrons. The SMILES string of the molecule is Nc1nc(CC2CC2)nc(C2CCCCC2)n1. The molecule has 1 aromatic heterocycles. The molecule has 0 saturated heterocycles. The van der Waals surface area contributed by atoms with E-state index in [9.17, 15) is 0 Å². The van der Waals surface area contributed by atoms with E-state index in [1.165, 1.54) is 44.9 Å². The predicted molar refractivity (Wildman–Crippen MR) is 66.5 cm³/mol. The predicted octanol–water partition coefficient (Wildman–Crippen LogP) is 2.45. The first-order valence-corrected chi connectivity index (χ1v) is 6.81. The highest BCUT2D eigenvalue weighted by Gasteiger charge is 2.25. The standard InChI is InChI=1S/C13H20N4/c14-13-16-11(8-9-6-7-9)15-12(17-13)10-4-2-1-3-5-10/h9-10H,1-8H2,(H2,14,15,16,17). The highest BCUT2D eigenvalue weighted by molar-refractivity contribution is 5.18. The smallest absolute Gasteiger partial charge is 0.223 e. The number of hydrogen-bond donors (Lipinski definition) is 1. The van der Waals surface area contributed by atoms with Gasteiger partial charge in [0.05, 0.1) is 0 Å². The molecule has 2 aliphatic rings. The van der Waals surface area contributed by atoms with Gasteiger partial charge in [-0.1, -0.05) is 19.3 Å². The van der Waals surface area contributed by atoms with Gasteiger partial charge in [0.2, 0.25) is 5.95 Å². The number of hydrogen-bond acceptors (Lipinski definition) is 4. The molecular formula is C13H20N4. The molecule has 2 fully saturated rings.